The highest BCUT2D eigenvalue weighted by Crippen LogP contribution is 2.47. The molecule has 0 unspecified atom stereocenters. The maximum absolute atomic E-state index is 6.55. The molecular weight excluding hydrogens is 1250 g/mol. The molecule has 11 heteroatoms. The van der Waals surface area contributed by atoms with Crippen molar-refractivity contribution in [3.05, 3.63) is 284 Å². The number of fused-ring (bicyclic) bond motifs is 26. The molecule has 0 spiro atoms. The van der Waals surface area contributed by atoms with E-state index >= 15 is 0 Å². The zero-order valence-electron chi connectivity index (χ0n) is 50.3. The van der Waals surface area contributed by atoms with Gasteiger partial charge in [0.15, 0.2) is 0 Å². The minimum absolute atomic E-state index is 0. The Morgan fingerprint density at radius 3 is 1.38 bits per heavy atom. The van der Waals surface area contributed by atoms with Gasteiger partial charge in [-0.05, 0) is 80.3 Å². The first kappa shape index (κ1) is 57.8. The van der Waals surface area contributed by atoms with Crippen LogP contribution in [0.5, 0.6) is 0 Å². The number of nitrogens with one attached hydrogen (secondary N) is 1. The SMILES string of the molecule is C.C.Clc1nc(-c2cccc3c2sc2ccccc23)c2c(n1)oc1ccccc12.c1ccc2c(c1)ccc1c2[nH]c2ccc3ccccc3c21.c1ccc2c(c1)ccc1c2c2ccc3ccccc3c2n1-c1nc(-c2cccc3c2sc2ccccc23)c2c(n1)oc1ccccc12. The third-order valence-corrected chi connectivity index (χ3v) is 21.5. The van der Waals surface area contributed by atoms with Gasteiger partial charge in [-0.2, -0.15) is 9.97 Å². The van der Waals surface area contributed by atoms with Gasteiger partial charge in [-0.25, -0.2) is 9.97 Å². The van der Waals surface area contributed by atoms with Crippen molar-refractivity contribution in [3.8, 4) is 28.5 Å². The fraction of sp³-hybridized carbons (Fsp3) is 0.0233. The second-order valence-electron chi connectivity index (χ2n) is 24.1. The van der Waals surface area contributed by atoms with Crippen LogP contribution >= 0.6 is 34.3 Å². The van der Waals surface area contributed by atoms with Crippen LogP contribution in [-0.4, -0.2) is 29.5 Å². The quantitative estimate of drug-likeness (QED) is 0.177. The average Bonchev–Trinajstić information content (AvgIpc) is 1.54. The molecule has 14 aromatic carbocycles. The van der Waals surface area contributed by atoms with Gasteiger partial charge in [0.25, 0.3) is 0 Å². The van der Waals surface area contributed by atoms with E-state index in [2.05, 4.69) is 262 Å². The van der Waals surface area contributed by atoms with Gasteiger partial charge in [-0.1, -0.05) is 258 Å². The summed E-state index contributed by atoms with van der Waals surface area (Å²) in [6.45, 7) is 0. The molecule has 0 saturated heterocycles. The van der Waals surface area contributed by atoms with Crippen LogP contribution in [0.3, 0.4) is 0 Å². The summed E-state index contributed by atoms with van der Waals surface area (Å²) < 4.78 is 19.7. The lowest BCUT2D eigenvalue weighted by atomic mass is 10.0. The van der Waals surface area contributed by atoms with Crippen LogP contribution in [-0.2, 0) is 0 Å². The molecule has 8 aromatic heterocycles. The zero-order chi connectivity index (χ0) is 62.4. The van der Waals surface area contributed by atoms with Gasteiger partial charge < -0.3 is 13.8 Å². The van der Waals surface area contributed by atoms with E-state index < -0.39 is 0 Å². The molecule has 0 atom stereocenters. The van der Waals surface area contributed by atoms with Crippen LogP contribution in [0.2, 0.25) is 5.28 Å². The van der Waals surface area contributed by atoms with Crippen LogP contribution in [0.1, 0.15) is 14.9 Å². The number of aromatic amines is 1. The molecule has 0 amide bonds. The molecule has 0 bridgehead atoms. The van der Waals surface area contributed by atoms with Gasteiger partial charge in [-0.3, -0.25) is 4.57 Å². The third-order valence-electron chi connectivity index (χ3n) is 18.9. The summed E-state index contributed by atoms with van der Waals surface area (Å²) in [6.07, 6.45) is 0. The monoisotopic (exact) mass is 1300 g/mol. The van der Waals surface area contributed by atoms with Crippen molar-refractivity contribution in [3.63, 3.8) is 0 Å². The van der Waals surface area contributed by atoms with Crippen molar-refractivity contribution in [2.24, 2.45) is 0 Å². The number of rotatable bonds is 3. The lowest BCUT2D eigenvalue weighted by Gasteiger charge is -2.11. The summed E-state index contributed by atoms with van der Waals surface area (Å²) in [4.78, 5) is 23.3. The smallest absolute Gasteiger partial charge is 0.238 e. The number of hydrogen-bond acceptors (Lipinski definition) is 8. The molecule has 0 fully saturated rings. The van der Waals surface area contributed by atoms with Gasteiger partial charge in [0.05, 0.1) is 38.7 Å². The second kappa shape index (κ2) is 22.7. The number of hydrogen-bond donors (Lipinski definition) is 1. The van der Waals surface area contributed by atoms with E-state index in [4.69, 9.17) is 30.4 Å². The van der Waals surface area contributed by atoms with E-state index in [0.717, 1.165) is 71.6 Å². The highest BCUT2D eigenvalue weighted by Gasteiger charge is 2.26. The zero-order valence-corrected chi connectivity index (χ0v) is 52.7. The predicted molar refractivity (Wildman–Crippen MR) is 414 cm³/mol. The lowest BCUT2D eigenvalue weighted by Crippen LogP contribution is -2.03. The molecule has 0 aliphatic carbocycles. The van der Waals surface area contributed by atoms with Gasteiger partial charge >= 0.3 is 0 Å². The first-order valence-electron chi connectivity index (χ1n) is 31.5. The Balaban J connectivity index is 0.000000116. The minimum Gasteiger partial charge on any atom is -0.438 e. The number of thiophene rings is 2. The Hall–Kier alpha value is -11.8. The van der Waals surface area contributed by atoms with Gasteiger partial charge in [0.2, 0.25) is 22.7 Å². The van der Waals surface area contributed by atoms with E-state index in [1.165, 1.54) is 111 Å². The standard InChI is InChI=1S/C42H23N3OS.C22H11ClN2OS.C20H13N.2CH4/c1-3-12-26-24(10-1)21-23-33-36(26)31-22-20-25-11-2-4-13-27(25)39(31)45(33)42-43-38(37-30-15-5-7-18-34(30)46-41(37)44-42)32-17-9-16-29-28-14-6-8-19-35(28)47-40(29)32;23-22-24-19(18-14-7-1-3-10-16(14)26-21(18)25-22)15-9-5-8-13-12-6-2-4-11-17(12)27-20(13)15;1-3-7-15-13(5-1)10-12-18-19(15)17-11-9-14-6-2-4-8-16(14)20(17)21-18;;/h1-23H;1-11H;1-12,21H;2*1H4. The summed E-state index contributed by atoms with van der Waals surface area (Å²) >= 11 is 9.84. The van der Waals surface area contributed by atoms with Crippen LogP contribution < -0.4 is 0 Å². The van der Waals surface area contributed by atoms with E-state index in [1.54, 1.807) is 11.3 Å². The fourth-order valence-electron chi connectivity index (χ4n) is 14.7. The van der Waals surface area contributed by atoms with Crippen LogP contribution in [0.4, 0.5) is 0 Å². The number of para-hydroxylation sites is 2. The Bertz CT molecular complexity index is 6970. The summed E-state index contributed by atoms with van der Waals surface area (Å²) in [5.41, 5.74) is 11.1. The van der Waals surface area contributed by atoms with Crippen LogP contribution in [0, 0.1) is 0 Å². The molecule has 0 radical (unpaired) electrons. The minimum atomic E-state index is 0. The van der Waals surface area contributed by atoms with Crippen molar-refractivity contribution in [1.82, 2.24) is 29.5 Å². The Labute approximate surface area is 567 Å². The maximum atomic E-state index is 6.55. The number of furan rings is 2. The Kier molecular flexibility index (Phi) is 13.5. The number of aromatic nitrogens is 6. The third kappa shape index (κ3) is 8.95. The van der Waals surface area contributed by atoms with Gasteiger partial charge in [0, 0.05) is 100 Å². The first-order chi connectivity index (χ1) is 47.0. The molecule has 0 saturated carbocycles. The molecule has 22 rings (SSSR count). The molecule has 8 heterocycles. The van der Waals surface area contributed by atoms with Crippen LogP contribution in [0.25, 0.3) is 200 Å². The lowest BCUT2D eigenvalue weighted by molar-refractivity contribution is 0.651. The van der Waals surface area contributed by atoms with Crippen molar-refractivity contribution in [1.29, 1.82) is 0 Å². The Morgan fingerprint density at radius 1 is 0.330 bits per heavy atom. The van der Waals surface area contributed by atoms with E-state index in [-0.39, 0.29) is 20.1 Å². The average molecular weight is 1300 g/mol. The van der Waals surface area contributed by atoms with E-state index in [1.807, 2.05) is 47.7 Å². The van der Waals surface area contributed by atoms with Crippen LogP contribution in [0.15, 0.2) is 288 Å². The molecule has 1 N–H and O–H groups in total. The molecule has 0 aliphatic rings. The summed E-state index contributed by atoms with van der Waals surface area (Å²) in [5.74, 6) is 0.594. The molecular formula is C86H55ClN6O2S2. The number of halogens is 1. The highest BCUT2D eigenvalue weighted by molar-refractivity contribution is 7.26. The summed E-state index contributed by atoms with van der Waals surface area (Å²) in [6, 6.07) is 98.1. The topological polar surface area (TPSA) is 98.6 Å². The molecule has 97 heavy (non-hydrogen) atoms. The van der Waals surface area contributed by atoms with E-state index in [0.29, 0.717) is 17.4 Å². The van der Waals surface area contributed by atoms with Crippen molar-refractivity contribution in [2.75, 3.05) is 0 Å². The second-order valence-corrected chi connectivity index (χ2v) is 26.5. The maximum Gasteiger partial charge on any atom is 0.238 e. The number of H-pyrrole nitrogens is 1. The largest absolute Gasteiger partial charge is 0.438 e. The summed E-state index contributed by atoms with van der Waals surface area (Å²) in [7, 11) is 0. The van der Waals surface area contributed by atoms with Crippen molar-refractivity contribution in [2.45, 2.75) is 14.9 Å². The fourth-order valence-corrected chi connectivity index (χ4v) is 17.3. The van der Waals surface area contributed by atoms with Crippen molar-refractivity contribution >= 4 is 205 Å². The van der Waals surface area contributed by atoms with Gasteiger partial charge in [0.1, 0.15) is 11.2 Å². The first-order valence-corrected chi connectivity index (χ1v) is 33.5. The predicted octanol–water partition coefficient (Wildman–Crippen LogP) is 25.8. The Morgan fingerprint density at radius 2 is 0.773 bits per heavy atom. The van der Waals surface area contributed by atoms with Crippen molar-refractivity contribution < 1.29 is 8.83 Å². The summed E-state index contributed by atoms with van der Waals surface area (Å²) in [5, 5.41) is 24.0. The highest BCUT2D eigenvalue weighted by atomic mass is 35.5. The molecule has 460 valence electrons. The van der Waals surface area contributed by atoms with E-state index in [9.17, 15) is 0 Å². The number of nitrogens with zero attached hydrogens (tertiary/aromatic N) is 5. The molecule has 8 nitrogen and oxygen atoms in total. The normalized spacial score (nSPS) is 11.8. The van der Waals surface area contributed by atoms with Gasteiger partial charge in [-0.15, -0.1) is 22.7 Å². The number of benzene rings is 14. The molecule has 22 aromatic rings. The molecule has 0 aliphatic heterocycles.